The highest BCUT2D eigenvalue weighted by molar-refractivity contribution is 6.31. The number of aliphatic hydroxyl groups is 1. The summed E-state index contributed by atoms with van der Waals surface area (Å²) in [7, 11) is 0. The van der Waals surface area contributed by atoms with Crippen LogP contribution in [-0.4, -0.2) is 52.6 Å². The Bertz CT molecular complexity index is 1720. The van der Waals surface area contributed by atoms with Crippen molar-refractivity contribution in [2.24, 2.45) is 0 Å². The van der Waals surface area contributed by atoms with Crippen LogP contribution in [0, 0.1) is 17.1 Å². The van der Waals surface area contributed by atoms with Crippen molar-refractivity contribution in [2.75, 3.05) is 16.4 Å². The van der Waals surface area contributed by atoms with Gasteiger partial charge in [0.25, 0.3) is 5.92 Å². The predicted molar refractivity (Wildman–Crippen MR) is 161 cm³/mol. The topological polar surface area (TPSA) is 136 Å². The lowest BCUT2D eigenvalue weighted by molar-refractivity contribution is -0.132. The number of amides is 3. The van der Waals surface area contributed by atoms with Gasteiger partial charge in [0.1, 0.15) is 24.3 Å². The molecule has 10 nitrogen and oxygen atoms in total. The summed E-state index contributed by atoms with van der Waals surface area (Å²) in [6.07, 6.45) is -1.19. The minimum Gasteiger partial charge on any atom is -0.447 e. The maximum Gasteiger partial charge on any atom is 0.415 e. The molecule has 2 N–H and O–H groups in total. The molecule has 0 bridgehead atoms. The van der Waals surface area contributed by atoms with Gasteiger partial charge in [0.2, 0.25) is 11.8 Å². The quantitative estimate of drug-likeness (QED) is 0.316. The average molecular weight is 656 g/mol. The van der Waals surface area contributed by atoms with Crippen LogP contribution in [0.3, 0.4) is 0 Å². The molecule has 0 radical (unpaired) electrons. The van der Waals surface area contributed by atoms with Crippen LogP contribution in [0.25, 0.3) is 0 Å². The summed E-state index contributed by atoms with van der Waals surface area (Å²) in [4.78, 5) is 47.4. The molecule has 240 valence electrons. The standard InChI is InChI=1S/C32H29ClF3N5O5/c1-31(2,45)19-10-20(34)12-22(11-19)41(27(42)13-23-17-46-30(44)40(23)26-9-18(16-37)7-8-38-26)28(24-5-3-4-6-25(24)33)29(43)39-21-14-32(35,36)15-21/h3-12,21,23,28,45H,13-15,17H2,1-2H3,(H,39,43)/t23-,28?/m1/s1. The molecule has 2 atom stereocenters. The number of hydrogen-bond donors (Lipinski definition) is 2. The first-order valence-electron chi connectivity index (χ1n) is 14.3. The maximum absolute atomic E-state index is 15.1. The van der Waals surface area contributed by atoms with Gasteiger partial charge in [-0.15, -0.1) is 0 Å². The predicted octanol–water partition coefficient (Wildman–Crippen LogP) is 5.38. The van der Waals surface area contributed by atoms with Crippen molar-refractivity contribution in [3.05, 3.63) is 88.3 Å². The zero-order valence-corrected chi connectivity index (χ0v) is 25.5. The highest BCUT2D eigenvalue weighted by Gasteiger charge is 2.48. The van der Waals surface area contributed by atoms with Gasteiger partial charge in [-0.05, 0) is 55.8 Å². The van der Waals surface area contributed by atoms with Crippen LogP contribution >= 0.6 is 11.6 Å². The van der Waals surface area contributed by atoms with Crippen LogP contribution in [0.5, 0.6) is 0 Å². The SMILES string of the molecule is CC(C)(O)c1cc(F)cc(N(C(=O)C[C@@H]2COC(=O)N2c2cc(C#N)ccn2)C(C(=O)NC2CC(F)(F)C2)c2ccccc2Cl)c1. The van der Waals surface area contributed by atoms with Crippen molar-refractivity contribution >= 4 is 41.0 Å². The number of nitriles is 1. The summed E-state index contributed by atoms with van der Waals surface area (Å²) in [5.74, 6) is -5.38. The number of nitrogens with one attached hydrogen (secondary N) is 1. The molecule has 1 aliphatic carbocycles. The third-order valence-corrected chi connectivity index (χ3v) is 8.12. The van der Waals surface area contributed by atoms with E-state index >= 15 is 4.39 Å². The molecule has 1 saturated heterocycles. The van der Waals surface area contributed by atoms with Crippen molar-refractivity contribution in [1.29, 1.82) is 5.26 Å². The van der Waals surface area contributed by atoms with E-state index < -0.39 is 72.6 Å². The molecule has 3 aromatic rings. The second kappa shape index (κ2) is 12.6. The fraction of sp³-hybridized carbons (Fsp3) is 0.344. The van der Waals surface area contributed by atoms with E-state index in [9.17, 15) is 33.5 Å². The summed E-state index contributed by atoms with van der Waals surface area (Å²) in [6, 6.07) is 10.8. The van der Waals surface area contributed by atoms with Gasteiger partial charge in [0.15, 0.2) is 0 Å². The van der Waals surface area contributed by atoms with E-state index in [0.29, 0.717) is 0 Å². The first-order valence-corrected chi connectivity index (χ1v) is 14.6. The van der Waals surface area contributed by atoms with Gasteiger partial charge in [-0.3, -0.25) is 19.4 Å². The smallest absolute Gasteiger partial charge is 0.415 e. The Labute approximate surface area is 267 Å². The normalized spacial score (nSPS) is 18.3. The lowest BCUT2D eigenvalue weighted by Gasteiger charge is -2.38. The Balaban J connectivity index is 1.60. The van der Waals surface area contributed by atoms with Gasteiger partial charge < -0.3 is 15.2 Å². The lowest BCUT2D eigenvalue weighted by Crippen LogP contribution is -2.54. The van der Waals surface area contributed by atoms with Crippen LogP contribution in [0.2, 0.25) is 5.02 Å². The number of cyclic esters (lactones) is 1. The molecule has 1 unspecified atom stereocenters. The molecular weight excluding hydrogens is 627 g/mol. The van der Waals surface area contributed by atoms with Gasteiger partial charge >= 0.3 is 6.09 Å². The Kier molecular flexibility index (Phi) is 8.97. The van der Waals surface area contributed by atoms with Gasteiger partial charge in [0.05, 0.1) is 29.7 Å². The summed E-state index contributed by atoms with van der Waals surface area (Å²) in [5, 5.41) is 22.7. The number of pyridine rings is 1. The maximum atomic E-state index is 15.1. The number of alkyl halides is 2. The summed E-state index contributed by atoms with van der Waals surface area (Å²) in [6.45, 7) is 2.57. The van der Waals surface area contributed by atoms with Crippen molar-refractivity contribution < 1.29 is 37.4 Å². The van der Waals surface area contributed by atoms with E-state index in [1.54, 1.807) is 12.1 Å². The third kappa shape index (κ3) is 6.93. The number of carbonyl (C=O) groups excluding carboxylic acids is 3. The van der Waals surface area contributed by atoms with Gasteiger partial charge in [-0.2, -0.15) is 5.26 Å². The Hall–Kier alpha value is -4.67. The minimum atomic E-state index is -2.95. The molecule has 1 aliphatic heterocycles. The molecule has 2 aromatic carbocycles. The fourth-order valence-corrected chi connectivity index (χ4v) is 5.69. The molecule has 14 heteroatoms. The Morgan fingerprint density at radius 2 is 1.96 bits per heavy atom. The number of hydrogen-bond acceptors (Lipinski definition) is 7. The van der Waals surface area contributed by atoms with Crippen LogP contribution in [0.1, 0.15) is 55.8 Å². The van der Waals surface area contributed by atoms with Crippen LogP contribution < -0.4 is 15.1 Å². The molecule has 2 aliphatic rings. The van der Waals surface area contributed by atoms with E-state index in [1.807, 2.05) is 6.07 Å². The number of halogens is 4. The number of ether oxygens (including phenoxy) is 1. The van der Waals surface area contributed by atoms with Crippen molar-refractivity contribution in [2.45, 2.75) is 62.8 Å². The lowest BCUT2D eigenvalue weighted by atomic mass is 9.87. The minimum absolute atomic E-state index is 0.0484. The Morgan fingerprint density at radius 1 is 1.24 bits per heavy atom. The van der Waals surface area contributed by atoms with Crippen molar-refractivity contribution in [3.8, 4) is 6.07 Å². The van der Waals surface area contributed by atoms with E-state index in [-0.39, 0.29) is 39.8 Å². The molecule has 2 fully saturated rings. The number of rotatable bonds is 9. The van der Waals surface area contributed by atoms with Gasteiger partial charge in [-0.1, -0.05) is 29.8 Å². The number of anilines is 2. The number of aromatic nitrogens is 1. The summed E-state index contributed by atoms with van der Waals surface area (Å²) < 4.78 is 47.7. The van der Waals surface area contributed by atoms with Crippen LogP contribution in [0.4, 0.5) is 29.5 Å². The van der Waals surface area contributed by atoms with Gasteiger partial charge in [-0.25, -0.2) is 22.9 Å². The molecule has 5 rings (SSSR count). The van der Waals surface area contributed by atoms with Crippen molar-refractivity contribution in [1.82, 2.24) is 10.3 Å². The molecule has 2 heterocycles. The van der Waals surface area contributed by atoms with E-state index in [4.69, 9.17) is 16.3 Å². The highest BCUT2D eigenvalue weighted by atomic mass is 35.5. The van der Waals surface area contributed by atoms with Crippen LogP contribution in [0.15, 0.2) is 60.8 Å². The first kappa shape index (κ1) is 32.7. The molecular formula is C32H29ClF3N5O5. The Morgan fingerprint density at radius 3 is 2.61 bits per heavy atom. The number of benzene rings is 2. The molecule has 1 aromatic heterocycles. The zero-order valence-electron chi connectivity index (χ0n) is 24.7. The largest absolute Gasteiger partial charge is 0.447 e. The summed E-state index contributed by atoms with van der Waals surface area (Å²) in [5.41, 5.74) is -1.30. The molecule has 46 heavy (non-hydrogen) atoms. The monoisotopic (exact) mass is 655 g/mol. The first-order chi connectivity index (χ1) is 21.7. The highest BCUT2D eigenvalue weighted by Crippen LogP contribution is 2.40. The molecule has 0 spiro atoms. The van der Waals surface area contributed by atoms with E-state index in [0.717, 1.165) is 21.9 Å². The number of carbonyl (C=O) groups is 3. The van der Waals surface area contributed by atoms with E-state index in [2.05, 4.69) is 10.3 Å². The van der Waals surface area contributed by atoms with Gasteiger partial charge in [0, 0.05) is 41.4 Å². The average Bonchev–Trinajstić information content (AvgIpc) is 3.33. The fourth-order valence-electron chi connectivity index (χ4n) is 5.45. The van der Waals surface area contributed by atoms with E-state index in [1.165, 1.54) is 50.4 Å². The van der Waals surface area contributed by atoms with Crippen LogP contribution in [-0.2, 0) is 19.9 Å². The summed E-state index contributed by atoms with van der Waals surface area (Å²) >= 11 is 6.53. The second-order valence-corrected chi connectivity index (χ2v) is 12.1. The molecule has 3 amide bonds. The van der Waals surface area contributed by atoms with Crippen molar-refractivity contribution in [3.63, 3.8) is 0 Å². The number of nitrogens with zero attached hydrogens (tertiary/aromatic N) is 4. The second-order valence-electron chi connectivity index (χ2n) is 11.7. The third-order valence-electron chi connectivity index (χ3n) is 7.77. The zero-order chi connectivity index (χ0) is 33.4. The molecule has 1 saturated carbocycles.